The van der Waals surface area contributed by atoms with Gasteiger partial charge in [-0.15, -0.1) is 0 Å². The Morgan fingerprint density at radius 3 is 2.81 bits per heavy atom. The fourth-order valence-electron chi connectivity index (χ4n) is 2.72. The van der Waals surface area contributed by atoms with Gasteiger partial charge in [0.2, 0.25) is 0 Å². The molecule has 0 amide bonds. The molecular formula is C19H23NO. The van der Waals surface area contributed by atoms with Crippen molar-refractivity contribution in [1.29, 1.82) is 0 Å². The van der Waals surface area contributed by atoms with E-state index >= 15 is 0 Å². The van der Waals surface area contributed by atoms with Crippen molar-refractivity contribution in [3.8, 4) is 16.9 Å². The molecule has 2 nitrogen and oxygen atoms in total. The van der Waals surface area contributed by atoms with Gasteiger partial charge in [-0.3, -0.25) is 0 Å². The lowest BCUT2D eigenvalue weighted by molar-refractivity contribution is 0.288. The number of benzene rings is 2. The van der Waals surface area contributed by atoms with E-state index in [1.807, 2.05) is 0 Å². The number of ether oxygens (including phenoxy) is 1. The van der Waals surface area contributed by atoms with Crippen LogP contribution < -0.4 is 10.1 Å². The molecule has 2 heteroatoms. The van der Waals surface area contributed by atoms with E-state index in [0.717, 1.165) is 31.7 Å². The van der Waals surface area contributed by atoms with Gasteiger partial charge in [0.15, 0.2) is 0 Å². The van der Waals surface area contributed by atoms with E-state index < -0.39 is 0 Å². The van der Waals surface area contributed by atoms with E-state index in [1.165, 1.54) is 22.3 Å². The van der Waals surface area contributed by atoms with Gasteiger partial charge in [0.25, 0.3) is 0 Å². The first kappa shape index (κ1) is 14.2. The van der Waals surface area contributed by atoms with Crippen LogP contribution in [0, 0.1) is 0 Å². The van der Waals surface area contributed by atoms with Crippen LogP contribution in [0.4, 0.5) is 0 Å². The molecule has 2 aromatic rings. The topological polar surface area (TPSA) is 21.3 Å². The predicted octanol–water partition coefficient (Wildman–Crippen LogP) is 4.18. The minimum Gasteiger partial charge on any atom is -0.493 e. The lowest BCUT2D eigenvalue weighted by Crippen LogP contribution is -2.21. The summed E-state index contributed by atoms with van der Waals surface area (Å²) in [5.41, 5.74) is 5.23. The molecule has 0 spiro atoms. The molecule has 2 aromatic carbocycles. The highest BCUT2D eigenvalue weighted by Gasteiger charge is 2.11. The average Bonchev–Trinajstić information content (AvgIpc) is 2.53. The molecule has 0 radical (unpaired) electrons. The van der Waals surface area contributed by atoms with Crippen LogP contribution in [0.2, 0.25) is 0 Å². The fourth-order valence-corrected chi connectivity index (χ4v) is 2.72. The van der Waals surface area contributed by atoms with Gasteiger partial charge in [-0.2, -0.15) is 0 Å². The van der Waals surface area contributed by atoms with Gasteiger partial charge < -0.3 is 10.1 Å². The molecule has 0 saturated carbocycles. The molecule has 0 atom stereocenters. The molecule has 0 bridgehead atoms. The number of rotatable bonds is 4. The highest BCUT2D eigenvalue weighted by Crippen LogP contribution is 2.30. The van der Waals surface area contributed by atoms with Crippen molar-refractivity contribution in [1.82, 2.24) is 5.32 Å². The zero-order valence-corrected chi connectivity index (χ0v) is 12.9. The third-order valence-corrected chi connectivity index (χ3v) is 3.88. The maximum Gasteiger partial charge on any atom is 0.122 e. The van der Waals surface area contributed by atoms with Gasteiger partial charge in [0.1, 0.15) is 5.75 Å². The monoisotopic (exact) mass is 281 g/mol. The van der Waals surface area contributed by atoms with Crippen molar-refractivity contribution in [2.24, 2.45) is 0 Å². The molecule has 1 N–H and O–H groups in total. The van der Waals surface area contributed by atoms with Crippen LogP contribution >= 0.6 is 0 Å². The zero-order chi connectivity index (χ0) is 14.7. The molecule has 0 saturated heterocycles. The van der Waals surface area contributed by atoms with Gasteiger partial charge in [-0.25, -0.2) is 0 Å². The first-order valence-electron chi connectivity index (χ1n) is 7.81. The van der Waals surface area contributed by atoms with E-state index in [2.05, 4.69) is 61.6 Å². The maximum absolute atomic E-state index is 5.69. The Kier molecular flexibility index (Phi) is 4.26. The minimum absolute atomic E-state index is 0.509. The van der Waals surface area contributed by atoms with E-state index in [-0.39, 0.29) is 0 Å². The molecule has 0 unspecified atom stereocenters. The van der Waals surface area contributed by atoms with Crippen LogP contribution in [0.15, 0.2) is 42.5 Å². The largest absolute Gasteiger partial charge is 0.493 e. The summed E-state index contributed by atoms with van der Waals surface area (Å²) in [5, 5.41) is 3.47. The molecule has 0 aliphatic carbocycles. The van der Waals surface area contributed by atoms with Crippen molar-refractivity contribution < 1.29 is 4.74 Å². The second kappa shape index (κ2) is 6.31. The minimum atomic E-state index is 0.509. The lowest BCUT2D eigenvalue weighted by Gasteiger charge is -2.18. The molecule has 1 aliphatic rings. The van der Waals surface area contributed by atoms with Crippen molar-refractivity contribution in [2.75, 3.05) is 6.61 Å². The Hall–Kier alpha value is -1.80. The predicted molar refractivity (Wildman–Crippen MR) is 87.7 cm³/mol. The summed E-state index contributed by atoms with van der Waals surface area (Å²) in [4.78, 5) is 0. The average molecular weight is 281 g/mol. The van der Waals surface area contributed by atoms with Crippen LogP contribution in [0.25, 0.3) is 11.1 Å². The number of nitrogens with one attached hydrogen (secondary N) is 1. The first-order valence-corrected chi connectivity index (χ1v) is 7.81. The molecule has 0 fully saturated rings. The van der Waals surface area contributed by atoms with E-state index in [0.29, 0.717) is 6.04 Å². The van der Waals surface area contributed by atoms with E-state index in [9.17, 15) is 0 Å². The Balaban J connectivity index is 1.84. The van der Waals surface area contributed by atoms with Gasteiger partial charge in [0.05, 0.1) is 6.61 Å². The fraction of sp³-hybridized carbons (Fsp3) is 0.368. The van der Waals surface area contributed by atoms with Gasteiger partial charge >= 0.3 is 0 Å². The summed E-state index contributed by atoms with van der Waals surface area (Å²) in [7, 11) is 0. The van der Waals surface area contributed by atoms with E-state index in [4.69, 9.17) is 4.74 Å². The number of hydrogen-bond acceptors (Lipinski definition) is 2. The number of fused-ring (bicyclic) bond motifs is 1. The molecule has 110 valence electrons. The lowest BCUT2D eigenvalue weighted by atomic mass is 9.98. The Labute approximate surface area is 127 Å². The van der Waals surface area contributed by atoms with Gasteiger partial charge in [-0.1, -0.05) is 38.1 Å². The first-order chi connectivity index (χ1) is 10.2. The second-order valence-corrected chi connectivity index (χ2v) is 6.01. The Bertz CT molecular complexity index is 619. The molecule has 0 aromatic heterocycles. The summed E-state index contributed by atoms with van der Waals surface area (Å²) >= 11 is 0. The SMILES string of the molecule is CC(C)NCc1cccc(-c2ccc3c(c2)CCCO3)c1. The van der Waals surface area contributed by atoms with Crippen molar-refractivity contribution in [3.63, 3.8) is 0 Å². The Morgan fingerprint density at radius 1 is 1.10 bits per heavy atom. The highest BCUT2D eigenvalue weighted by atomic mass is 16.5. The van der Waals surface area contributed by atoms with Gasteiger partial charge in [0, 0.05) is 12.6 Å². The molecular weight excluding hydrogens is 258 g/mol. The van der Waals surface area contributed by atoms with Crippen LogP contribution in [-0.2, 0) is 13.0 Å². The second-order valence-electron chi connectivity index (χ2n) is 6.01. The summed E-state index contributed by atoms with van der Waals surface area (Å²) < 4.78 is 5.69. The molecule has 3 rings (SSSR count). The highest BCUT2D eigenvalue weighted by molar-refractivity contribution is 5.66. The number of aryl methyl sites for hydroxylation is 1. The zero-order valence-electron chi connectivity index (χ0n) is 12.9. The van der Waals surface area contributed by atoms with Crippen molar-refractivity contribution >= 4 is 0 Å². The van der Waals surface area contributed by atoms with Gasteiger partial charge in [-0.05, 0) is 53.3 Å². The van der Waals surface area contributed by atoms with Crippen LogP contribution in [0.5, 0.6) is 5.75 Å². The Morgan fingerprint density at radius 2 is 1.95 bits per heavy atom. The standard InChI is InChI=1S/C19H23NO/c1-14(2)20-13-15-5-3-6-16(11-15)17-8-9-19-18(12-17)7-4-10-21-19/h3,5-6,8-9,11-12,14,20H,4,7,10,13H2,1-2H3. The van der Waals surface area contributed by atoms with Crippen molar-refractivity contribution in [2.45, 2.75) is 39.3 Å². The van der Waals surface area contributed by atoms with Crippen molar-refractivity contribution in [3.05, 3.63) is 53.6 Å². The normalized spacial score (nSPS) is 13.9. The molecule has 21 heavy (non-hydrogen) atoms. The summed E-state index contributed by atoms with van der Waals surface area (Å²) in [6, 6.07) is 15.9. The third kappa shape index (κ3) is 3.45. The summed E-state index contributed by atoms with van der Waals surface area (Å²) in [5.74, 6) is 1.06. The van der Waals surface area contributed by atoms with Crippen LogP contribution in [-0.4, -0.2) is 12.6 Å². The summed E-state index contributed by atoms with van der Waals surface area (Å²) in [6.07, 6.45) is 2.24. The quantitative estimate of drug-likeness (QED) is 0.908. The maximum atomic E-state index is 5.69. The van der Waals surface area contributed by atoms with E-state index in [1.54, 1.807) is 0 Å². The number of hydrogen-bond donors (Lipinski definition) is 1. The summed E-state index contributed by atoms with van der Waals surface area (Å²) in [6.45, 7) is 6.11. The molecule has 1 heterocycles. The molecule has 1 aliphatic heterocycles. The van der Waals surface area contributed by atoms with Crippen LogP contribution in [0.3, 0.4) is 0 Å². The smallest absolute Gasteiger partial charge is 0.122 e. The van der Waals surface area contributed by atoms with Crippen LogP contribution in [0.1, 0.15) is 31.4 Å². The third-order valence-electron chi connectivity index (χ3n) is 3.88.